The minimum absolute atomic E-state index is 0.135. The van der Waals surface area contributed by atoms with Gasteiger partial charge in [0.05, 0.1) is 31.4 Å². The molecule has 2 aromatic carbocycles. The van der Waals surface area contributed by atoms with Crippen molar-refractivity contribution in [3.63, 3.8) is 0 Å². The topological polar surface area (TPSA) is 125 Å². The molecular weight excluding hydrogens is 478 g/mol. The van der Waals surface area contributed by atoms with Crippen LogP contribution in [0.2, 0.25) is 0 Å². The average molecular weight is 501 g/mol. The van der Waals surface area contributed by atoms with Crippen LogP contribution in [-0.4, -0.2) is 50.6 Å². The quantitative estimate of drug-likeness (QED) is 0.191. The average Bonchev–Trinajstić information content (AvgIpc) is 2.81. The predicted octanol–water partition coefficient (Wildman–Crippen LogP) is 4.58. The third-order valence-electron chi connectivity index (χ3n) is 4.09. The van der Waals surface area contributed by atoms with Gasteiger partial charge in [-0.15, -0.1) is 5.10 Å². The molecule has 1 N–H and O–H groups in total. The van der Waals surface area contributed by atoms with Gasteiger partial charge in [0.2, 0.25) is 11.8 Å². The largest absolute Gasteiger partial charge is 0.540 e. The molecule has 11 nitrogen and oxygen atoms in total. The number of methoxy groups -OCH3 is 1. The maximum atomic E-state index is 12.2. The predicted molar refractivity (Wildman–Crippen MR) is 126 cm³/mol. The summed E-state index contributed by atoms with van der Waals surface area (Å²) in [5.74, 6) is 0.938. The second-order valence-electron chi connectivity index (χ2n) is 6.08. The molecule has 0 aliphatic rings. The van der Waals surface area contributed by atoms with Crippen LogP contribution in [0, 0.1) is 10.1 Å². The van der Waals surface area contributed by atoms with Gasteiger partial charge in [0, 0.05) is 14.2 Å². The summed E-state index contributed by atoms with van der Waals surface area (Å²) < 4.78 is 34.0. The van der Waals surface area contributed by atoms with E-state index in [1.165, 1.54) is 37.2 Å². The van der Waals surface area contributed by atoms with Crippen molar-refractivity contribution in [3.8, 4) is 11.5 Å². The number of nitrogens with one attached hydrogen (secondary N) is 1. The Balaban J connectivity index is 2.08. The lowest BCUT2D eigenvalue weighted by molar-refractivity contribution is -0.384. The van der Waals surface area contributed by atoms with Gasteiger partial charge >= 0.3 is 14.7 Å². The number of ether oxygens (including phenoxy) is 1. The van der Waals surface area contributed by atoms with Crippen molar-refractivity contribution in [2.24, 2.45) is 5.10 Å². The summed E-state index contributed by atoms with van der Waals surface area (Å²) in [5, 5.41) is 18.4. The molecule has 0 spiro atoms. The molecule has 0 heterocycles. The molecule has 2 rings (SSSR count). The van der Waals surface area contributed by atoms with Gasteiger partial charge in [0.25, 0.3) is 5.69 Å². The molecule has 0 radical (unpaired) electrons. The zero-order valence-electron chi connectivity index (χ0n) is 17.8. The van der Waals surface area contributed by atoms with E-state index >= 15 is 0 Å². The number of hydrogen-bond donors (Lipinski definition) is 1. The van der Waals surface area contributed by atoms with Gasteiger partial charge in [-0.2, -0.15) is 0 Å². The fourth-order valence-electron chi connectivity index (χ4n) is 2.29. The number of nitro benzene ring substituents is 1. The maximum absolute atomic E-state index is 12.2. The molecule has 0 bridgehead atoms. The van der Waals surface area contributed by atoms with E-state index in [1.807, 2.05) is 12.1 Å². The molecule has 14 heteroatoms. The Hall–Kier alpha value is -2.62. The molecule has 0 aliphatic heterocycles. The first-order valence-corrected chi connectivity index (χ1v) is 13.0. The lowest BCUT2D eigenvalue weighted by atomic mass is 10.2. The van der Waals surface area contributed by atoms with E-state index in [1.54, 1.807) is 32.5 Å². The number of hydrazone groups is 1. The van der Waals surface area contributed by atoms with Crippen LogP contribution in [0.25, 0.3) is 0 Å². The van der Waals surface area contributed by atoms with E-state index in [0.717, 1.165) is 11.3 Å². The van der Waals surface area contributed by atoms with Gasteiger partial charge in [-0.1, -0.05) is 4.78 Å². The zero-order valence-corrected chi connectivity index (χ0v) is 20.4. The van der Waals surface area contributed by atoms with Crippen LogP contribution in [0.4, 0.5) is 11.4 Å². The highest BCUT2D eigenvalue weighted by atomic mass is 32.4. The molecule has 0 saturated carbocycles. The van der Waals surface area contributed by atoms with Crippen molar-refractivity contribution in [2.45, 2.75) is 0 Å². The van der Waals surface area contributed by atoms with Gasteiger partial charge in [-0.05, 0) is 42.0 Å². The molecule has 0 fully saturated rings. The molecule has 172 valence electrons. The molecule has 1 atom stereocenters. The van der Waals surface area contributed by atoms with E-state index < -0.39 is 19.6 Å². The highest BCUT2D eigenvalue weighted by Crippen LogP contribution is 2.46. The number of nitrogens with zero attached hydrogens (tertiary/aromatic N) is 3. The van der Waals surface area contributed by atoms with Gasteiger partial charge in [-0.25, -0.2) is 0 Å². The van der Waals surface area contributed by atoms with Crippen molar-refractivity contribution < 1.29 is 27.8 Å². The highest BCUT2D eigenvalue weighted by Gasteiger charge is 2.26. The number of rotatable bonds is 12. The molecule has 0 amide bonds. The summed E-state index contributed by atoms with van der Waals surface area (Å²) in [6.07, 6.45) is 1.38. The number of nitro groups is 1. The molecule has 0 aromatic heterocycles. The zero-order chi connectivity index (χ0) is 23.7. The summed E-state index contributed by atoms with van der Waals surface area (Å²) in [5.41, 5.74) is 0.701. The summed E-state index contributed by atoms with van der Waals surface area (Å²) in [6, 6.07) is 11.5. The lowest BCUT2D eigenvalue weighted by Gasteiger charge is -2.15. The SMILES string of the molecule is COc1ccc(/C=N\N(C)[P+](=S)Oc2ccc(NCP(=O)(OC)OC)c([N+](=O)[O-])c2)cc1. The number of hydrogen-bond acceptors (Lipinski definition) is 10. The third-order valence-corrected chi connectivity index (χ3v) is 7.63. The second kappa shape index (κ2) is 11.8. The number of anilines is 1. The summed E-state index contributed by atoms with van der Waals surface area (Å²) in [4.78, 5) is 10.9. The smallest absolute Gasteiger partial charge is 0.497 e. The van der Waals surface area contributed by atoms with Crippen LogP contribution in [0.1, 0.15) is 5.56 Å². The summed E-state index contributed by atoms with van der Waals surface area (Å²) in [6.45, 7) is 0. The molecule has 2 aromatic rings. The van der Waals surface area contributed by atoms with E-state index in [-0.39, 0.29) is 23.4 Å². The maximum Gasteiger partial charge on any atom is 0.540 e. The molecule has 0 aliphatic carbocycles. The first-order valence-electron chi connectivity index (χ1n) is 9.01. The van der Waals surface area contributed by atoms with Gasteiger partial charge < -0.3 is 19.1 Å². The first-order chi connectivity index (χ1) is 15.2. The van der Waals surface area contributed by atoms with Crippen LogP contribution < -0.4 is 14.6 Å². The molecule has 0 saturated heterocycles. The van der Waals surface area contributed by atoms with E-state index in [2.05, 4.69) is 10.4 Å². The Morgan fingerprint density at radius 2 is 1.81 bits per heavy atom. The fourth-order valence-corrected chi connectivity index (χ4v) is 3.99. The fraction of sp³-hybridized carbons (Fsp3) is 0.278. The van der Waals surface area contributed by atoms with Gasteiger partial charge in [0.1, 0.15) is 17.7 Å². The van der Waals surface area contributed by atoms with E-state index in [4.69, 9.17) is 30.1 Å². The van der Waals surface area contributed by atoms with Crippen LogP contribution in [0.3, 0.4) is 0 Å². The van der Waals surface area contributed by atoms with E-state index in [9.17, 15) is 14.7 Å². The van der Waals surface area contributed by atoms with E-state index in [0.29, 0.717) is 0 Å². The van der Waals surface area contributed by atoms with Crippen molar-refractivity contribution in [2.75, 3.05) is 40.0 Å². The highest BCUT2D eigenvalue weighted by molar-refractivity contribution is 8.02. The Morgan fingerprint density at radius 3 is 2.38 bits per heavy atom. The van der Waals surface area contributed by atoms with Crippen LogP contribution >= 0.6 is 14.7 Å². The summed E-state index contributed by atoms with van der Waals surface area (Å²) in [7, 11) is 0.681. The first kappa shape index (κ1) is 25.6. The number of benzene rings is 2. The van der Waals surface area contributed by atoms with Gasteiger partial charge in [-0.3, -0.25) is 19.2 Å². The summed E-state index contributed by atoms with van der Waals surface area (Å²) >= 11 is 5.35. The Labute approximate surface area is 191 Å². The third kappa shape index (κ3) is 7.22. The monoisotopic (exact) mass is 501 g/mol. The standard InChI is InChI=1S/C18H23N4O7P2S/c1-21(20-12-14-5-7-15(26-2)8-6-14)30(32)29-16-9-10-17(18(11-16)22(23)24)19-13-31(25,27-3)28-4/h5-12,19H,13H2,1-4H3/q+1/b20-12-. The van der Waals surface area contributed by atoms with Crippen molar-refractivity contribution in [1.82, 2.24) is 4.78 Å². The lowest BCUT2D eigenvalue weighted by Crippen LogP contribution is -2.07. The molecule has 1 unspecified atom stereocenters. The van der Waals surface area contributed by atoms with Crippen LogP contribution in [0.5, 0.6) is 11.5 Å². The normalized spacial score (nSPS) is 11.8. The second-order valence-corrected chi connectivity index (χ2v) is 10.5. The van der Waals surface area contributed by atoms with Crippen molar-refractivity contribution in [3.05, 3.63) is 58.1 Å². The van der Waals surface area contributed by atoms with Crippen LogP contribution in [0.15, 0.2) is 47.6 Å². The van der Waals surface area contributed by atoms with Gasteiger partial charge in [0.15, 0.2) is 5.75 Å². The molecule has 32 heavy (non-hydrogen) atoms. The van der Waals surface area contributed by atoms with Crippen LogP contribution in [-0.2, 0) is 25.4 Å². The minimum Gasteiger partial charge on any atom is -0.497 e. The minimum atomic E-state index is -3.39. The molecular formula is C18H23N4O7P2S+. The Bertz CT molecular complexity index is 1030. The van der Waals surface area contributed by atoms with Crippen molar-refractivity contribution in [1.29, 1.82) is 0 Å². The Kier molecular flexibility index (Phi) is 9.49. The van der Waals surface area contributed by atoms with Crippen molar-refractivity contribution >= 4 is 44.1 Å². The Morgan fingerprint density at radius 1 is 1.19 bits per heavy atom.